The third kappa shape index (κ3) is 5.86. The highest BCUT2D eigenvalue weighted by molar-refractivity contribution is 7.98. The maximum atomic E-state index is 13.8. The molecule has 0 saturated carbocycles. The predicted octanol–water partition coefficient (Wildman–Crippen LogP) is 6.23. The Bertz CT molecular complexity index is 1500. The van der Waals surface area contributed by atoms with E-state index in [0.717, 1.165) is 20.7 Å². The van der Waals surface area contributed by atoms with E-state index in [-0.39, 0.29) is 23.9 Å². The number of anilines is 1. The van der Waals surface area contributed by atoms with Gasteiger partial charge in [0.25, 0.3) is 5.91 Å². The second kappa shape index (κ2) is 11.9. The van der Waals surface area contributed by atoms with E-state index in [1.165, 1.54) is 39.9 Å². The Morgan fingerprint density at radius 2 is 1.65 bits per heavy atom. The number of fused-ring (bicyclic) bond motifs is 1. The number of para-hydroxylation sites is 1. The van der Waals surface area contributed by atoms with Crippen molar-refractivity contribution >= 4 is 54.4 Å². The molecule has 0 atom stereocenters. The summed E-state index contributed by atoms with van der Waals surface area (Å²) in [5.74, 6) is -0.258. The predicted molar refractivity (Wildman–Crippen MR) is 154 cm³/mol. The number of aromatic nitrogens is 1. The van der Waals surface area contributed by atoms with Crippen molar-refractivity contribution in [3.63, 3.8) is 0 Å². The molecule has 3 aromatic carbocycles. The number of hydrogen-bond acceptors (Lipinski definition) is 6. The highest BCUT2D eigenvalue weighted by Gasteiger charge is 2.25. The quantitative estimate of drug-likeness (QED) is 0.164. The Kier molecular flexibility index (Phi) is 8.60. The van der Waals surface area contributed by atoms with Gasteiger partial charge in [0.15, 0.2) is 5.13 Å². The van der Waals surface area contributed by atoms with E-state index in [1.807, 2.05) is 54.8 Å². The number of carbonyl (C=O) groups excluding carboxylic acids is 1. The molecule has 0 fully saturated rings. The first-order valence-electron chi connectivity index (χ1n) is 11.5. The monoisotopic (exact) mass is 549 g/mol. The van der Waals surface area contributed by atoms with Crippen LogP contribution in [0.5, 0.6) is 0 Å². The van der Waals surface area contributed by atoms with Gasteiger partial charge in [0.1, 0.15) is 0 Å². The molecule has 0 saturated heterocycles. The van der Waals surface area contributed by atoms with Crippen LogP contribution < -0.4 is 4.90 Å². The van der Waals surface area contributed by atoms with E-state index in [0.29, 0.717) is 17.2 Å². The van der Waals surface area contributed by atoms with Crippen molar-refractivity contribution < 1.29 is 13.2 Å². The maximum Gasteiger partial charge on any atom is 0.260 e. The van der Waals surface area contributed by atoms with Crippen LogP contribution in [0.4, 0.5) is 5.13 Å². The zero-order valence-corrected chi connectivity index (χ0v) is 22.9. The second-order valence-corrected chi connectivity index (χ2v) is 11.9. The van der Waals surface area contributed by atoms with E-state index >= 15 is 0 Å². The van der Waals surface area contributed by atoms with Crippen LogP contribution in [0.1, 0.15) is 15.9 Å². The fourth-order valence-electron chi connectivity index (χ4n) is 3.82. The second-order valence-electron chi connectivity index (χ2n) is 8.10. The molecule has 9 heteroatoms. The van der Waals surface area contributed by atoms with Crippen LogP contribution in [0, 0.1) is 0 Å². The van der Waals surface area contributed by atoms with Crippen molar-refractivity contribution in [1.29, 1.82) is 0 Å². The highest BCUT2D eigenvalue weighted by atomic mass is 32.2. The van der Waals surface area contributed by atoms with Crippen molar-refractivity contribution in [2.75, 3.05) is 24.2 Å². The number of amides is 1. The van der Waals surface area contributed by atoms with Gasteiger partial charge in [0, 0.05) is 23.5 Å². The van der Waals surface area contributed by atoms with Crippen molar-refractivity contribution in [1.82, 2.24) is 9.29 Å². The number of thioether (sulfide) groups is 1. The molecule has 0 aliphatic rings. The lowest BCUT2D eigenvalue weighted by Gasteiger charge is -2.21. The van der Waals surface area contributed by atoms with E-state index in [9.17, 15) is 13.2 Å². The summed E-state index contributed by atoms with van der Waals surface area (Å²) < 4.78 is 28.4. The molecule has 190 valence electrons. The van der Waals surface area contributed by atoms with Crippen LogP contribution in [0.15, 0.2) is 108 Å². The van der Waals surface area contributed by atoms with Gasteiger partial charge in [-0.2, -0.15) is 4.31 Å². The third-order valence-electron chi connectivity index (χ3n) is 5.65. The molecule has 0 unspecified atom stereocenters. The summed E-state index contributed by atoms with van der Waals surface area (Å²) in [6, 6.07) is 21.7. The first kappa shape index (κ1) is 26.8. The average Bonchev–Trinajstić information content (AvgIpc) is 3.36. The lowest BCUT2D eigenvalue weighted by Crippen LogP contribution is -2.32. The van der Waals surface area contributed by atoms with E-state index in [1.54, 1.807) is 28.8 Å². The lowest BCUT2D eigenvalue weighted by atomic mass is 10.1. The number of hydrogen-bond donors (Lipinski definition) is 0. The summed E-state index contributed by atoms with van der Waals surface area (Å²) in [5, 5.41) is 0.588. The van der Waals surface area contributed by atoms with E-state index in [4.69, 9.17) is 4.98 Å². The summed E-state index contributed by atoms with van der Waals surface area (Å²) >= 11 is 3.07. The van der Waals surface area contributed by atoms with E-state index < -0.39 is 10.0 Å². The Hall–Kier alpha value is -3.24. The lowest BCUT2D eigenvalue weighted by molar-refractivity contribution is 0.0985. The van der Waals surface area contributed by atoms with Crippen molar-refractivity contribution in [2.24, 2.45) is 0 Å². The van der Waals surface area contributed by atoms with Gasteiger partial charge < -0.3 is 0 Å². The first-order chi connectivity index (χ1) is 17.9. The largest absolute Gasteiger partial charge is 0.279 e. The average molecular weight is 550 g/mol. The molecule has 37 heavy (non-hydrogen) atoms. The molecule has 1 amide bonds. The van der Waals surface area contributed by atoms with Crippen molar-refractivity contribution in [3.05, 3.63) is 109 Å². The number of benzene rings is 3. The Balaban J connectivity index is 1.70. The third-order valence-corrected chi connectivity index (χ3v) is 9.31. The molecule has 6 nitrogen and oxygen atoms in total. The van der Waals surface area contributed by atoms with Gasteiger partial charge in [-0.3, -0.25) is 9.69 Å². The minimum atomic E-state index is -3.76. The number of nitrogens with zero attached hydrogens (tertiary/aromatic N) is 3. The maximum absolute atomic E-state index is 13.8. The fraction of sp³-hybridized carbons (Fsp3) is 0.143. The molecule has 4 rings (SSSR count). The van der Waals surface area contributed by atoms with Gasteiger partial charge in [-0.05, 0) is 48.2 Å². The minimum absolute atomic E-state index is 0.104. The Labute approximate surface area is 226 Å². The minimum Gasteiger partial charge on any atom is -0.279 e. The first-order valence-corrected chi connectivity index (χ1v) is 15.0. The van der Waals surface area contributed by atoms with Crippen molar-refractivity contribution in [2.45, 2.75) is 16.3 Å². The van der Waals surface area contributed by atoms with Crippen LogP contribution in [0.2, 0.25) is 0 Å². The molecule has 0 bridgehead atoms. The van der Waals surface area contributed by atoms with Gasteiger partial charge in [-0.15, -0.1) is 24.9 Å². The molecular weight excluding hydrogens is 523 g/mol. The number of sulfonamides is 1. The van der Waals surface area contributed by atoms with Gasteiger partial charge in [-0.1, -0.05) is 59.9 Å². The van der Waals surface area contributed by atoms with Gasteiger partial charge in [-0.25, -0.2) is 13.4 Å². The number of rotatable bonds is 11. The number of carbonyl (C=O) groups is 1. The molecule has 1 heterocycles. The van der Waals surface area contributed by atoms with Crippen LogP contribution >= 0.6 is 23.1 Å². The van der Waals surface area contributed by atoms with Crippen LogP contribution in [-0.2, 0) is 16.6 Å². The summed E-state index contributed by atoms with van der Waals surface area (Å²) in [4.78, 5) is 21.4. The summed E-state index contributed by atoms with van der Waals surface area (Å²) in [6.07, 6.45) is 5.06. The van der Waals surface area contributed by atoms with Crippen molar-refractivity contribution in [3.8, 4) is 0 Å². The number of thiazole rings is 1. The highest BCUT2D eigenvalue weighted by Crippen LogP contribution is 2.35. The molecule has 0 aliphatic carbocycles. The van der Waals surface area contributed by atoms with Gasteiger partial charge in [0.2, 0.25) is 10.0 Å². The normalized spacial score (nSPS) is 11.5. The zero-order valence-electron chi connectivity index (χ0n) is 20.4. The Morgan fingerprint density at radius 1 is 0.973 bits per heavy atom. The summed E-state index contributed by atoms with van der Waals surface area (Å²) in [7, 11) is -3.76. The van der Waals surface area contributed by atoms with Gasteiger partial charge >= 0.3 is 0 Å². The van der Waals surface area contributed by atoms with Crippen LogP contribution in [0.25, 0.3) is 10.2 Å². The molecule has 4 aromatic rings. The summed E-state index contributed by atoms with van der Waals surface area (Å²) in [5.41, 5.74) is 2.20. The standard InChI is InChI=1S/C28H27N3O3S3/c1-4-18-30(19-5-2)37(33,34)23-16-14-22(15-17-23)27(32)31(20-21-10-7-6-8-11-21)28-29-26-24(35-3)12-9-13-25(26)36-28/h4-17H,1-2,18-20H2,3H3. The molecular formula is C28H27N3O3S3. The van der Waals surface area contributed by atoms with Crippen LogP contribution in [0.3, 0.4) is 0 Å². The molecule has 1 aromatic heterocycles. The fourth-order valence-corrected chi connectivity index (χ4v) is 6.82. The van der Waals surface area contributed by atoms with E-state index in [2.05, 4.69) is 13.2 Å². The Morgan fingerprint density at radius 3 is 2.27 bits per heavy atom. The zero-order chi connectivity index (χ0) is 26.4. The SMILES string of the molecule is C=CCN(CC=C)S(=O)(=O)c1ccc(C(=O)N(Cc2ccccc2)c2nc3c(SC)cccc3s2)cc1. The van der Waals surface area contributed by atoms with Crippen LogP contribution in [-0.4, -0.2) is 43.0 Å². The smallest absolute Gasteiger partial charge is 0.260 e. The molecule has 0 N–H and O–H groups in total. The molecule has 0 radical (unpaired) electrons. The van der Waals surface area contributed by atoms with Gasteiger partial charge in [0.05, 0.1) is 21.7 Å². The summed E-state index contributed by atoms with van der Waals surface area (Å²) in [6.45, 7) is 7.94. The molecule has 0 aliphatic heterocycles. The molecule has 0 spiro atoms. The topological polar surface area (TPSA) is 70.6 Å².